The second kappa shape index (κ2) is 5.72. The average molecular weight is 297 g/mol. The van der Waals surface area contributed by atoms with Gasteiger partial charge in [0, 0.05) is 0 Å². The Labute approximate surface area is 115 Å². The molecule has 2 rings (SSSR count). The maximum atomic E-state index is 11.5. The lowest BCUT2D eigenvalue weighted by Gasteiger charge is -2.19. The van der Waals surface area contributed by atoms with E-state index in [0.717, 1.165) is 4.31 Å². The molecule has 0 saturated carbocycles. The van der Waals surface area contributed by atoms with Gasteiger partial charge in [-0.1, -0.05) is 12.1 Å². The van der Waals surface area contributed by atoms with Crippen LogP contribution in [0.5, 0.6) is 0 Å². The number of thiophene rings is 1. The molecule has 1 heterocycles. The second-order valence-electron chi connectivity index (χ2n) is 3.51. The van der Waals surface area contributed by atoms with Gasteiger partial charge in [0.1, 0.15) is 5.00 Å². The van der Waals surface area contributed by atoms with Crippen LogP contribution in [-0.4, -0.2) is 14.4 Å². The summed E-state index contributed by atoms with van der Waals surface area (Å²) in [6.07, 6.45) is 0. The zero-order valence-corrected chi connectivity index (χ0v) is 11.4. The van der Waals surface area contributed by atoms with Crippen molar-refractivity contribution in [3.8, 4) is 0 Å². The van der Waals surface area contributed by atoms with E-state index < -0.39 is 16.9 Å². The summed E-state index contributed by atoms with van der Waals surface area (Å²) in [6.45, 7) is 0. The van der Waals surface area contributed by atoms with Crippen molar-refractivity contribution in [1.82, 2.24) is 0 Å². The highest BCUT2D eigenvalue weighted by atomic mass is 32.2. The standard InChI is InChI=1S/C11H11N3O3S2/c12-11(15)13-8-4-1-2-5-9(8)14(19(16)17)10-6-3-7-18-10/h1-7,19H,(H3,12,13,15). The second-order valence-corrected chi connectivity index (χ2v) is 5.31. The number of nitrogens with one attached hydrogen (secondary N) is 1. The van der Waals surface area contributed by atoms with Crippen LogP contribution in [0.1, 0.15) is 0 Å². The molecule has 0 aliphatic heterocycles. The number of nitrogens with zero attached hydrogens (tertiary/aromatic N) is 1. The van der Waals surface area contributed by atoms with Crippen LogP contribution in [0, 0.1) is 0 Å². The van der Waals surface area contributed by atoms with Crippen LogP contribution in [-0.2, 0) is 10.9 Å². The first kappa shape index (κ1) is 13.4. The van der Waals surface area contributed by atoms with Crippen LogP contribution in [0.4, 0.5) is 21.2 Å². The predicted octanol–water partition coefficient (Wildman–Crippen LogP) is 1.90. The summed E-state index contributed by atoms with van der Waals surface area (Å²) in [6, 6.07) is 9.21. The summed E-state index contributed by atoms with van der Waals surface area (Å²) in [4.78, 5) is 10.9. The molecule has 1 aromatic carbocycles. The third-order valence-electron chi connectivity index (χ3n) is 2.27. The Balaban J connectivity index is 2.51. The number of thiol groups is 1. The predicted molar refractivity (Wildman–Crippen MR) is 76.4 cm³/mol. The zero-order chi connectivity index (χ0) is 13.8. The summed E-state index contributed by atoms with van der Waals surface area (Å²) in [5.41, 5.74) is 5.75. The summed E-state index contributed by atoms with van der Waals surface area (Å²) in [7, 11) is -2.88. The molecule has 0 spiro atoms. The fraction of sp³-hybridized carbons (Fsp3) is 0. The van der Waals surface area contributed by atoms with E-state index in [-0.39, 0.29) is 0 Å². The van der Waals surface area contributed by atoms with Gasteiger partial charge >= 0.3 is 6.03 Å². The molecule has 0 bridgehead atoms. The molecule has 3 N–H and O–H groups in total. The van der Waals surface area contributed by atoms with Gasteiger partial charge in [0.05, 0.1) is 11.4 Å². The number of carbonyl (C=O) groups excluding carboxylic acids is 1. The van der Waals surface area contributed by atoms with Gasteiger partial charge in [-0.15, -0.1) is 11.3 Å². The van der Waals surface area contributed by atoms with E-state index in [0.29, 0.717) is 16.4 Å². The minimum atomic E-state index is -2.88. The molecule has 0 atom stereocenters. The number of nitrogens with two attached hydrogens (primary N) is 1. The molecule has 8 heteroatoms. The summed E-state index contributed by atoms with van der Waals surface area (Å²) in [5.74, 6) is 0. The highest BCUT2D eigenvalue weighted by Crippen LogP contribution is 2.34. The fourth-order valence-corrected chi connectivity index (χ4v) is 3.15. The van der Waals surface area contributed by atoms with Crippen molar-refractivity contribution in [1.29, 1.82) is 0 Å². The Kier molecular flexibility index (Phi) is 4.03. The molecule has 0 aliphatic carbocycles. The van der Waals surface area contributed by atoms with Crippen LogP contribution in [0.2, 0.25) is 0 Å². The molecule has 100 valence electrons. The topological polar surface area (TPSA) is 92.5 Å². The average Bonchev–Trinajstić information content (AvgIpc) is 2.84. The van der Waals surface area contributed by atoms with Crippen molar-refractivity contribution in [2.24, 2.45) is 5.73 Å². The maximum absolute atomic E-state index is 11.5. The molecule has 2 aromatic rings. The smallest absolute Gasteiger partial charge is 0.316 e. The van der Waals surface area contributed by atoms with Gasteiger partial charge in [0.2, 0.25) is 10.9 Å². The van der Waals surface area contributed by atoms with Gasteiger partial charge < -0.3 is 11.1 Å². The summed E-state index contributed by atoms with van der Waals surface area (Å²) < 4.78 is 24.1. The molecule has 0 radical (unpaired) electrons. The van der Waals surface area contributed by atoms with E-state index in [9.17, 15) is 13.2 Å². The maximum Gasteiger partial charge on any atom is 0.316 e. The quantitative estimate of drug-likeness (QED) is 0.753. The van der Waals surface area contributed by atoms with E-state index in [1.807, 2.05) is 0 Å². The largest absolute Gasteiger partial charge is 0.351 e. The summed E-state index contributed by atoms with van der Waals surface area (Å²) >= 11 is 1.28. The van der Waals surface area contributed by atoms with E-state index in [1.165, 1.54) is 11.3 Å². The molecule has 1 aromatic heterocycles. The van der Waals surface area contributed by atoms with Crippen LogP contribution in [0.15, 0.2) is 41.8 Å². The van der Waals surface area contributed by atoms with Crippen molar-refractivity contribution >= 4 is 44.6 Å². The lowest BCUT2D eigenvalue weighted by Crippen LogP contribution is -2.22. The molecular weight excluding hydrogens is 286 g/mol. The minimum absolute atomic E-state index is 0.336. The van der Waals surface area contributed by atoms with E-state index >= 15 is 0 Å². The number of hydrogen-bond donors (Lipinski definition) is 3. The number of benzene rings is 1. The Hall–Kier alpha value is -2.06. The Bertz CT molecular complexity index is 645. The van der Waals surface area contributed by atoms with Crippen molar-refractivity contribution in [2.75, 3.05) is 9.62 Å². The van der Waals surface area contributed by atoms with E-state index in [2.05, 4.69) is 5.32 Å². The number of hydrogen-bond acceptors (Lipinski definition) is 4. The number of amides is 2. The number of anilines is 3. The van der Waals surface area contributed by atoms with Crippen molar-refractivity contribution in [3.05, 3.63) is 41.8 Å². The molecule has 0 unspecified atom stereocenters. The van der Waals surface area contributed by atoms with Crippen molar-refractivity contribution in [3.63, 3.8) is 0 Å². The van der Waals surface area contributed by atoms with Gasteiger partial charge in [-0.2, -0.15) is 0 Å². The monoisotopic (exact) mass is 297 g/mol. The van der Waals surface area contributed by atoms with Gasteiger partial charge in [0.25, 0.3) is 0 Å². The van der Waals surface area contributed by atoms with Crippen LogP contribution in [0.25, 0.3) is 0 Å². The molecular formula is C11H11N3O3S2. The molecule has 0 aliphatic rings. The first-order chi connectivity index (χ1) is 9.09. The number of primary amides is 1. The SMILES string of the molecule is NC(=O)Nc1ccccc1N(c1cccs1)[SH](=O)=O. The number of carbonyl (C=O) groups is 1. The normalized spacial score (nSPS) is 10.4. The van der Waals surface area contributed by atoms with Gasteiger partial charge in [-0.3, -0.25) is 0 Å². The fourth-order valence-electron chi connectivity index (χ4n) is 1.57. The number of urea groups is 1. The Morgan fingerprint density at radius 2 is 1.95 bits per heavy atom. The third-order valence-corrected chi connectivity index (χ3v) is 4.01. The van der Waals surface area contributed by atoms with E-state index in [4.69, 9.17) is 5.73 Å². The van der Waals surface area contributed by atoms with Crippen LogP contribution in [0.3, 0.4) is 0 Å². The molecule has 0 saturated heterocycles. The molecule has 19 heavy (non-hydrogen) atoms. The molecule has 6 nitrogen and oxygen atoms in total. The molecule has 0 fully saturated rings. The van der Waals surface area contributed by atoms with Crippen molar-refractivity contribution < 1.29 is 13.2 Å². The molecule has 2 amide bonds. The Morgan fingerprint density at radius 1 is 1.21 bits per heavy atom. The number of rotatable bonds is 4. The highest BCUT2D eigenvalue weighted by Gasteiger charge is 2.16. The first-order valence-electron chi connectivity index (χ1n) is 5.23. The van der Waals surface area contributed by atoms with Gasteiger partial charge in [-0.05, 0) is 29.6 Å². The lowest BCUT2D eigenvalue weighted by molar-refractivity contribution is 0.259. The van der Waals surface area contributed by atoms with Gasteiger partial charge in [0.15, 0.2) is 0 Å². The lowest BCUT2D eigenvalue weighted by atomic mass is 10.2. The third kappa shape index (κ3) is 3.04. The Morgan fingerprint density at radius 3 is 2.53 bits per heavy atom. The zero-order valence-electron chi connectivity index (χ0n) is 9.65. The highest BCUT2D eigenvalue weighted by molar-refractivity contribution is 7.74. The summed E-state index contributed by atoms with van der Waals surface area (Å²) in [5, 5.41) is 4.71. The van der Waals surface area contributed by atoms with Gasteiger partial charge in [-0.25, -0.2) is 17.5 Å². The van der Waals surface area contributed by atoms with E-state index in [1.54, 1.807) is 41.8 Å². The van der Waals surface area contributed by atoms with Crippen LogP contribution < -0.4 is 15.4 Å². The van der Waals surface area contributed by atoms with Crippen LogP contribution >= 0.6 is 11.3 Å². The van der Waals surface area contributed by atoms with Crippen molar-refractivity contribution in [2.45, 2.75) is 0 Å². The number of para-hydroxylation sites is 2. The first-order valence-corrected chi connectivity index (χ1v) is 7.24. The minimum Gasteiger partial charge on any atom is -0.351 e.